The fourth-order valence-corrected chi connectivity index (χ4v) is 68.6. The Balaban J connectivity index is 1.43. The van der Waals surface area contributed by atoms with Crippen LogP contribution in [0.1, 0.15) is 0 Å². The maximum atomic E-state index is 8.73. The summed E-state index contributed by atoms with van der Waals surface area (Å²) in [6, 6.07) is 79.8. The van der Waals surface area contributed by atoms with E-state index in [1.54, 1.807) is 0 Å². The third-order valence-corrected chi connectivity index (χ3v) is 59.0. The molecule has 0 amide bonds. The highest BCUT2D eigenvalue weighted by molar-refractivity contribution is 7.11. The van der Waals surface area contributed by atoms with Gasteiger partial charge in [0.1, 0.15) is 0 Å². The van der Waals surface area contributed by atoms with Crippen molar-refractivity contribution < 1.29 is 53.5 Å². The van der Waals surface area contributed by atoms with E-state index in [1.165, 1.54) is 0 Å². The Bertz CT molecular complexity index is 2870. The molecule has 4 aliphatic rings. The number of rotatable bonds is 16. The Morgan fingerprint density at radius 3 is 0.646 bits per heavy atom. The minimum absolute atomic E-state index is 0.526. The maximum absolute atomic E-state index is 8.73. The summed E-state index contributed by atoms with van der Waals surface area (Å²) in [7, 11) is -47.0. The second-order valence-corrected chi connectivity index (χ2v) is 57.3. The van der Waals surface area contributed by atoms with E-state index >= 15 is 0 Å². The smallest absolute Gasteiger partial charge is 0.416 e. The lowest BCUT2D eigenvalue weighted by molar-refractivity contribution is 0.0585. The zero-order chi connectivity index (χ0) is 57.1. The summed E-state index contributed by atoms with van der Waals surface area (Å²) in [6.07, 6.45) is 0. The average Bonchev–Trinajstić information content (AvgIpc) is 2.24. The van der Waals surface area contributed by atoms with Crippen LogP contribution in [0.15, 0.2) is 243 Å². The summed E-state index contributed by atoms with van der Waals surface area (Å²) >= 11 is 0. The largest absolute Gasteiger partial charge is 0.515 e. The van der Waals surface area contributed by atoms with Crippen LogP contribution in [0.4, 0.5) is 0 Å². The summed E-state index contributed by atoms with van der Waals surface area (Å²) in [5.41, 5.74) is 0.526. The predicted molar refractivity (Wildman–Crippen MR) is 349 cm³/mol. The van der Waals surface area contributed by atoms with Crippen molar-refractivity contribution in [3.8, 4) is 0 Å². The van der Waals surface area contributed by atoms with Crippen LogP contribution in [-0.2, 0) is 53.5 Å². The molecule has 25 heteroatoms. The zero-order valence-corrected chi connectivity index (χ0v) is 60.0. The normalized spacial score (nSPS) is 29.5. The summed E-state index contributed by atoms with van der Waals surface area (Å²) in [4.78, 5) is 0. The summed E-state index contributed by atoms with van der Waals surface area (Å²) in [5.74, 6) is 0. The highest BCUT2D eigenvalue weighted by atomic mass is 28.6. The number of hydrogen-bond acceptors (Lipinski definition) is 13. The van der Waals surface area contributed by atoms with E-state index in [0.717, 1.165) is 5.19 Å². The van der Waals surface area contributed by atoms with E-state index < -0.39 is 106 Å². The molecule has 2 atom stereocenters. The molecular formula is C57H70O13Si12. The van der Waals surface area contributed by atoms with Crippen molar-refractivity contribution in [1.82, 2.24) is 0 Å². The number of hydrogen-bond donors (Lipinski definition) is 0. The van der Waals surface area contributed by atoms with Gasteiger partial charge in [-0.3, -0.25) is 0 Å². The molecule has 424 valence electrons. The van der Waals surface area contributed by atoms with Crippen LogP contribution in [0.3, 0.4) is 0 Å². The molecular weight excluding hydrogens is 1230 g/mol. The van der Waals surface area contributed by atoms with Crippen molar-refractivity contribution in [3.05, 3.63) is 243 Å². The Labute approximate surface area is 498 Å². The van der Waals surface area contributed by atoms with E-state index in [-0.39, 0.29) is 0 Å². The highest BCUT2D eigenvalue weighted by Gasteiger charge is 2.79. The molecule has 8 aromatic carbocycles. The van der Waals surface area contributed by atoms with Crippen LogP contribution in [0.5, 0.6) is 0 Å². The van der Waals surface area contributed by atoms with E-state index in [2.05, 4.69) is 64.5 Å². The van der Waals surface area contributed by atoms with Gasteiger partial charge in [-0.15, -0.1) is 0 Å². The van der Waals surface area contributed by atoms with Crippen molar-refractivity contribution in [3.63, 3.8) is 0 Å². The Kier molecular flexibility index (Phi) is 17.9. The van der Waals surface area contributed by atoms with Crippen molar-refractivity contribution in [1.29, 1.82) is 0 Å². The molecule has 0 N–H and O–H groups in total. The molecule has 4 heterocycles. The van der Waals surface area contributed by atoms with Gasteiger partial charge in [-0.25, -0.2) is 0 Å². The molecule has 0 aliphatic carbocycles. The van der Waals surface area contributed by atoms with Crippen LogP contribution in [-0.4, -0.2) is 106 Å². The Hall–Kier alpha value is -4.16. The fraction of sp³-hybridized carbons (Fsp3) is 0.158. The van der Waals surface area contributed by atoms with Gasteiger partial charge in [0.2, 0.25) is 0 Å². The van der Waals surface area contributed by atoms with Crippen LogP contribution in [0.2, 0.25) is 58.0 Å². The van der Waals surface area contributed by atoms with Gasteiger partial charge in [-0.1, -0.05) is 256 Å². The standard InChI is InChI=1S/C57H70O13Si12/c1-71(2)49-75(50-33-17-9-18-34-50)61-79(54-41-25-13-26-42-54)63-76(58-72(3)4,51-35-19-10-20-36-51)64-80(62-75,55-43-27-14-28-44-55)70-82(57-47-31-16-32-48-57)66-77(59-73(5)6,52-37-21-11-22-38-52)65-81(69-79,56-45-29-15-30-46-56)67-78(68-82,60-74(7)8)53-39-23-12-24-40-53/h9-48,71-74H,49H2,1-8H3. The summed E-state index contributed by atoms with van der Waals surface area (Å²) in [5, 5.41) is 5.14. The molecule has 4 fully saturated rings. The van der Waals surface area contributed by atoms with Crippen LogP contribution in [0, 0.1) is 0 Å². The van der Waals surface area contributed by atoms with Gasteiger partial charge < -0.3 is 53.5 Å². The predicted octanol–water partition coefficient (Wildman–Crippen LogP) is 5.49. The highest BCUT2D eigenvalue weighted by Crippen LogP contribution is 2.43. The molecule has 0 radical (unpaired) electrons. The monoisotopic (exact) mass is 1300 g/mol. The fourth-order valence-electron chi connectivity index (χ4n) is 10.6. The van der Waals surface area contributed by atoms with E-state index in [9.17, 15) is 0 Å². The summed E-state index contributed by atoms with van der Waals surface area (Å²) in [6.45, 7) is 17.3. The minimum atomic E-state index is -5.07. The van der Waals surface area contributed by atoms with Crippen molar-refractivity contribution in [2.24, 2.45) is 0 Å². The third kappa shape index (κ3) is 12.0. The lowest BCUT2D eigenvalue weighted by Crippen LogP contribution is -2.90. The molecule has 4 aliphatic heterocycles. The Morgan fingerprint density at radius 1 is 0.244 bits per heavy atom. The van der Waals surface area contributed by atoms with Crippen molar-refractivity contribution in [2.45, 2.75) is 58.0 Å². The topological polar surface area (TPSA) is 120 Å². The lowest BCUT2D eigenvalue weighted by atomic mass is 10.4. The number of benzene rings is 8. The maximum Gasteiger partial charge on any atom is 0.515 e. The second kappa shape index (κ2) is 24.7. The first kappa shape index (κ1) is 59.6. The lowest BCUT2D eigenvalue weighted by Gasteiger charge is -2.57. The summed E-state index contributed by atoms with van der Waals surface area (Å²) < 4.78 is 109. The number of fused-ring (bicyclic) bond motifs is 4. The van der Waals surface area contributed by atoms with E-state index in [1.807, 2.05) is 231 Å². The quantitative estimate of drug-likeness (QED) is 0.114. The average molecular weight is 1300 g/mol. The van der Waals surface area contributed by atoms with Crippen LogP contribution >= 0.6 is 0 Å². The molecule has 4 bridgehead atoms. The Morgan fingerprint density at radius 2 is 0.439 bits per heavy atom. The van der Waals surface area contributed by atoms with Gasteiger partial charge in [-0.05, 0) is 50.1 Å². The zero-order valence-electron chi connectivity index (χ0n) is 47.4. The van der Waals surface area contributed by atoms with Gasteiger partial charge in [0.05, 0.1) is 0 Å². The van der Waals surface area contributed by atoms with Crippen molar-refractivity contribution in [2.75, 3.05) is 0 Å². The first-order valence-corrected chi connectivity index (χ1v) is 53.6. The first-order valence-electron chi connectivity index (χ1n) is 28.1. The molecule has 0 spiro atoms. The minimum Gasteiger partial charge on any atom is -0.416 e. The van der Waals surface area contributed by atoms with E-state index in [4.69, 9.17) is 53.5 Å². The molecule has 4 saturated heterocycles. The second-order valence-electron chi connectivity index (χ2n) is 21.7. The first-order chi connectivity index (χ1) is 39.6. The molecule has 0 saturated carbocycles. The van der Waals surface area contributed by atoms with Gasteiger partial charge in [0.25, 0.3) is 0 Å². The molecule has 13 nitrogen and oxygen atoms in total. The molecule has 2 unspecified atom stereocenters. The molecule has 82 heavy (non-hydrogen) atoms. The van der Waals surface area contributed by atoms with Gasteiger partial charge in [-0.2, -0.15) is 0 Å². The van der Waals surface area contributed by atoms with Crippen LogP contribution < -0.4 is 41.5 Å². The van der Waals surface area contributed by atoms with Gasteiger partial charge in [0, 0.05) is 45.1 Å². The van der Waals surface area contributed by atoms with E-state index in [0.29, 0.717) is 42.0 Å². The molecule has 8 aromatic rings. The molecule has 0 aromatic heterocycles. The van der Waals surface area contributed by atoms with Crippen molar-refractivity contribution >= 4 is 148 Å². The van der Waals surface area contributed by atoms with Gasteiger partial charge in [0.15, 0.2) is 27.1 Å². The van der Waals surface area contributed by atoms with Crippen LogP contribution in [0.25, 0.3) is 0 Å². The SMILES string of the molecule is C[SiH](C)C[Si]1(c2ccccc2)O[Si]2(c3ccccc3)O[Si](O[SiH](C)C)(c3ccccc3)O[Si](c3ccccc3)(O1)O[Si]1(c3ccccc3)O[Si](O[SiH](C)C)(c3ccccc3)O[Si](c3ccccc3)(O[Si](O[SiH](C)C)(c3ccccc3)O1)O2. The third-order valence-electron chi connectivity index (χ3n) is 13.7. The molecule has 12 rings (SSSR count). The van der Waals surface area contributed by atoms with Gasteiger partial charge >= 0.3 is 70.2 Å².